The first-order valence-electron chi connectivity index (χ1n) is 11.9. The van der Waals surface area contributed by atoms with Crippen molar-refractivity contribution in [3.63, 3.8) is 0 Å². The fourth-order valence-electron chi connectivity index (χ4n) is 4.30. The highest BCUT2D eigenvalue weighted by Gasteiger charge is 2.31. The molecule has 4 rings (SSSR count). The van der Waals surface area contributed by atoms with Crippen molar-refractivity contribution in [1.29, 1.82) is 0 Å². The predicted molar refractivity (Wildman–Crippen MR) is 139 cm³/mol. The number of hydrogen-bond acceptors (Lipinski definition) is 6. The van der Waals surface area contributed by atoms with Crippen molar-refractivity contribution in [3.8, 4) is 17.0 Å². The van der Waals surface area contributed by atoms with Gasteiger partial charge in [-0.05, 0) is 73.2 Å². The number of amides is 1. The van der Waals surface area contributed by atoms with Gasteiger partial charge in [0.15, 0.2) is 5.13 Å². The molecule has 2 atom stereocenters. The van der Waals surface area contributed by atoms with E-state index < -0.39 is 10.0 Å². The number of piperidine rings is 1. The second kappa shape index (κ2) is 10.9. The highest BCUT2D eigenvalue weighted by Crippen LogP contribution is 2.28. The first-order chi connectivity index (χ1) is 16.8. The Morgan fingerprint density at radius 3 is 2.37 bits per heavy atom. The molecule has 1 fully saturated rings. The van der Waals surface area contributed by atoms with Crippen LogP contribution in [-0.2, 0) is 10.0 Å². The number of benzene rings is 2. The molecule has 1 amide bonds. The maximum atomic E-state index is 13.1. The van der Waals surface area contributed by atoms with Crippen molar-refractivity contribution in [2.75, 3.05) is 25.0 Å². The normalized spacial score (nSPS) is 18.8. The first kappa shape index (κ1) is 25.3. The molecule has 0 saturated carbocycles. The molecule has 0 unspecified atom stereocenters. The van der Waals surface area contributed by atoms with Gasteiger partial charge < -0.3 is 4.74 Å². The number of rotatable bonds is 8. The average Bonchev–Trinajstić information content (AvgIpc) is 3.31. The van der Waals surface area contributed by atoms with E-state index in [0.717, 1.165) is 29.8 Å². The number of ether oxygens (including phenoxy) is 1. The molecule has 2 heterocycles. The molecule has 7 nitrogen and oxygen atoms in total. The Hall–Kier alpha value is -2.75. The van der Waals surface area contributed by atoms with Crippen LogP contribution in [0.25, 0.3) is 11.3 Å². The largest absolute Gasteiger partial charge is 0.494 e. The number of thiazole rings is 1. The van der Waals surface area contributed by atoms with Crippen LogP contribution in [0, 0.1) is 11.8 Å². The van der Waals surface area contributed by atoms with Gasteiger partial charge in [-0.25, -0.2) is 13.4 Å². The molecule has 0 radical (unpaired) electrons. The number of nitrogens with one attached hydrogen (secondary N) is 1. The van der Waals surface area contributed by atoms with Gasteiger partial charge >= 0.3 is 0 Å². The van der Waals surface area contributed by atoms with Crippen LogP contribution in [0.1, 0.15) is 44.0 Å². The fraction of sp³-hybridized carbons (Fsp3) is 0.385. The van der Waals surface area contributed by atoms with Crippen LogP contribution in [0.15, 0.2) is 58.8 Å². The quantitative estimate of drug-likeness (QED) is 0.429. The lowest BCUT2D eigenvalue weighted by Gasteiger charge is -2.34. The third-order valence-electron chi connectivity index (χ3n) is 5.94. The van der Waals surface area contributed by atoms with Gasteiger partial charge in [-0.2, -0.15) is 4.31 Å². The van der Waals surface area contributed by atoms with Crippen LogP contribution in [-0.4, -0.2) is 43.3 Å². The van der Waals surface area contributed by atoms with Gasteiger partial charge in [0.25, 0.3) is 5.91 Å². The maximum Gasteiger partial charge on any atom is 0.257 e. The van der Waals surface area contributed by atoms with Gasteiger partial charge in [0.1, 0.15) is 5.75 Å². The van der Waals surface area contributed by atoms with E-state index in [1.165, 1.54) is 23.5 Å². The lowest BCUT2D eigenvalue weighted by molar-refractivity contribution is 0.102. The van der Waals surface area contributed by atoms with Crippen LogP contribution < -0.4 is 10.1 Å². The van der Waals surface area contributed by atoms with Crippen molar-refractivity contribution >= 4 is 32.4 Å². The zero-order chi connectivity index (χ0) is 25.0. The van der Waals surface area contributed by atoms with Crippen molar-refractivity contribution in [1.82, 2.24) is 9.29 Å². The molecule has 0 bridgehead atoms. The number of nitrogens with zero attached hydrogens (tertiary/aromatic N) is 2. The summed E-state index contributed by atoms with van der Waals surface area (Å²) in [5, 5.41) is 5.16. The summed E-state index contributed by atoms with van der Waals surface area (Å²) in [7, 11) is -3.58. The molecular weight excluding hydrogens is 482 g/mol. The Balaban J connectivity index is 1.40. The summed E-state index contributed by atoms with van der Waals surface area (Å²) < 4.78 is 33.3. The molecule has 1 aliphatic heterocycles. The highest BCUT2D eigenvalue weighted by atomic mass is 32.2. The topological polar surface area (TPSA) is 88.6 Å². The molecule has 1 saturated heterocycles. The molecule has 1 aliphatic rings. The Morgan fingerprint density at radius 2 is 1.74 bits per heavy atom. The van der Waals surface area contributed by atoms with Crippen molar-refractivity contribution in [3.05, 3.63) is 59.5 Å². The second-order valence-corrected chi connectivity index (χ2v) is 12.0. The van der Waals surface area contributed by atoms with Crippen LogP contribution >= 0.6 is 11.3 Å². The maximum absolute atomic E-state index is 13.1. The molecule has 0 spiro atoms. The summed E-state index contributed by atoms with van der Waals surface area (Å²) in [6, 6.07) is 13.8. The molecule has 2 aromatic carbocycles. The molecule has 186 valence electrons. The van der Waals surface area contributed by atoms with Crippen molar-refractivity contribution < 1.29 is 17.9 Å². The standard InChI is InChI=1S/C26H31N3O4S2/c1-4-13-33-22-9-5-20(6-10-22)24-17-34-26(27-24)28-25(30)21-7-11-23(12-8-21)35(31,32)29-15-18(2)14-19(3)16-29/h5-12,17-19H,4,13-16H2,1-3H3,(H,27,28,30)/t18-,19-/m1/s1. The Morgan fingerprint density at radius 1 is 1.09 bits per heavy atom. The summed E-state index contributed by atoms with van der Waals surface area (Å²) in [5.41, 5.74) is 2.07. The van der Waals surface area contributed by atoms with Gasteiger partial charge in [-0.3, -0.25) is 10.1 Å². The van der Waals surface area contributed by atoms with Gasteiger partial charge in [0, 0.05) is 29.6 Å². The SMILES string of the molecule is CCCOc1ccc(-c2csc(NC(=O)c3ccc(S(=O)(=O)N4C[C@H](C)C[C@@H](C)C4)cc3)n2)cc1. The summed E-state index contributed by atoms with van der Waals surface area (Å²) in [6.07, 6.45) is 1.98. The third-order valence-corrected chi connectivity index (χ3v) is 8.54. The Labute approximate surface area is 211 Å². The van der Waals surface area contributed by atoms with E-state index in [1.807, 2.05) is 29.6 Å². The second-order valence-electron chi connectivity index (χ2n) is 9.16. The Kier molecular flexibility index (Phi) is 7.88. The van der Waals surface area contributed by atoms with E-state index >= 15 is 0 Å². The molecular formula is C26H31N3O4S2. The summed E-state index contributed by atoms with van der Waals surface area (Å²) in [5.74, 6) is 1.13. The van der Waals surface area contributed by atoms with Crippen molar-refractivity contribution in [2.24, 2.45) is 11.8 Å². The zero-order valence-corrected chi connectivity index (χ0v) is 21.9. The number of sulfonamides is 1. The molecule has 3 aromatic rings. The van der Waals surface area contributed by atoms with E-state index in [1.54, 1.807) is 16.4 Å². The number of carbonyl (C=O) groups excluding carboxylic acids is 1. The molecule has 1 aromatic heterocycles. The number of carbonyl (C=O) groups is 1. The summed E-state index contributed by atoms with van der Waals surface area (Å²) >= 11 is 1.34. The van der Waals surface area contributed by atoms with E-state index in [2.05, 4.69) is 31.1 Å². The van der Waals surface area contributed by atoms with Gasteiger partial charge in [0.05, 0.1) is 17.2 Å². The smallest absolute Gasteiger partial charge is 0.257 e. The third kappa shape index (κ3) is 6.09. The summed E-state index contributed by atoms with van der Waals surface area (Å²) in [4.78, 5) is 17.5. The van der Waals surface area contributed by atoms with Gasteiger partial charge in [0.2, 0.25) is 10.0 Å². The lowest BCUT2D eigenvalue weighted by Crippen LogP contribution is -2.42. The molecule has 35 heavy (non-hydrogen) atoms. The monoisotopic (exact) mass is 513 g/mol. The average molecular weight is 514 g/mol. The number of aromatic nitrogens is 1. The first-order valence-corrected chi connectivity index (χ1v) is 14.2. The lowest BCUT2D eigenvalue weighted by atomic mass is 9.94. The van der Waals surface area contributed by atoms with E-state index in [0.29, 0.717) is 42.2 Å². The minimum absolute atomic E-state index is 0.207. The van der Waals surface area contributed by atoms with Gasteiger partial charge in [-0.1, -0.05) is 20.8 Å². The fourth-order valence-corrected chi connectivity index (χ4v) is 6.70. The predicted octanol–water partition coefficient (Wildman–Crippen LogP) is 5.52. The van der Waals surface area contributed by atoms with Crippen molar-refractivity contribution in [2.45, 2.75) is 38.5 Å². The minimum Gasteiger partial charge on any atom is -0.494 e. The van der Waals surface area contributed by atoms with Gasteiger partial charge in [-0.15, -0.1) is 11.3 Å². The molecule has 0 aliphatic carbocycles. The Bertz CT molecular complexity index is 1240. The summed E-state index contributed by atoms with van der Waals surface area (Å²) in [6.45, 7) is 7.94. The van der Waals surface area contributed by atoms with Crippen LogP contribution in [0.5, 0.6) is 5.75 Å². The number of anilines is 1. The zero-order valence-electron chi connectivity index (χ0n) is 20.2. The van der Waals surface area contributed by atoms with Crippen LogP contribution in [0.3, 0.4) is 0 Å². The van der Waals surface area contributed by atoms with Crippen LogP contribution in [0.4, 0.5) is 5.13 Å². The minimum atomic E-state index is -3.58. The highest BCUT2D eigenvalue weighted by molar-refractivity contribution is 7.89. The molecule has 1 N–H and O–H groups in total. The van der Waals surface area contributed by atoms with E-state index in [9.17, 15) is 13.2 Å². The van der Waals surface area contributed by atoms with E-state index in [-0.39, 0.29) is 10.8 Å². The van der Waals surface area contributed by atoms with E-state index in [4.69, 9.17) is 4.74 Å². The number of hydrogen-bond donors (Lipinski definition) is 1. The van der Waals surface area contributed by atoms with Crippen LogP contribution in [0.2, 0.25) is 0 Å². The molecule has 9 heteroatoms.